The predicted molar refractivity (Wildman–Crippen MR) is 161 cm³/mol. The van der Waals surface area contributed by atoms with Gasteiger partial charge in [-0.15, -0.1) is 11.3 Å². The van der Waals surface area contributed by atoms with Gasteiger partial charge in [0.1, 0.15) is 11.0 Å². The molecule has 0 bridgehead atoms. The van der Waals surface area contributed by atoms with Crippen molar-refractivity contribution < 1.29 is 24.0 Å². The van der Waals surface area contributed by atoms with Gasteiger partial charge in [0.15, 0.2) is 0 Å². The normalized spacial score (nSPS) is 15.3. The summed E-state index contributed by atoms with van der Waals surface area (Å²) in [4.78, 5) is 36.9. The molecular weight excluding hydrogens is 538 g/mol. The van der Waals surface area contributed by atoms with Gasteiger partial charge in [-0.2, -0.15) is 0 Å². The van der Waals surface area contributed by atoms with Crippen LogP contribution in [0.2, 0.25) is 0 Å². The molecule has 1 aromatic heterocycles. The highest BCUT2D eigenvalue weighted by Crippen LogP contribution is 2.38. The highest BCUT2D eigenvalue weighted by atomic mass is 32.1. The zero-order valence-electron chi connectivity index (χ0n) is 23.7. The first kappa shape index (κ1) is 30.2. The quantitative estimate of drug-likeness (QED) is 0.0825. The molecule has 41 heavy (non-hydrogen) atoms. The van der Waals surface area contributed by atoms with E-state index in [1.807, 2.05) is 12.1 Å². The summed E-state index contributed by atoms with van der Waals surface area (Å²) in [5.74, 6) is -0.255. The number of non-ortho nitro benzene ring substituents is 1. The lowest BCUT2D eigenvalue weighted by molar-refractivity contribution is -0.384. The molecule has 216 valence electrons. The first-order valence-electron chi connectivity index (χ1n) is 14.3. The molecule has 0 radical (unpaired) electrons. The molecule has 7 nitrogen and oxygen atoms in total. The summed E-state index contributed by atoms with van der Waals surface area (Å²) in [6.45, 7) is 2.14. The van der Waals surface area contributed by atoms with Crippen LogP contribution in [0.15, 0.2) is 66.7 Å². The number of esters is 2. The number of allylic oxidation sites excluding steroid dienone is 2. The van der Waals surface area contributed by atoms with Gasteiger partial charge < -0.3 is 9.47 Å². The maximum absolute atomic E-state index is 12.9. The Morgan fingerprint density at radius 3 is 2.44 bits per heavy atom. The van der Waals surface area contributed by atoms with Crippen LogP contribution in [-0.4, -0.2) is 24.0 Å². The minimum absolute atomic E-state index is 0.0598. The number of aryl methyl sites for hydroxylation is 1. The standard InChI is InChI=1S/C33H37NO6S/c1-3-4-5-12-30(40-32(35)26-17-19-27(20-18-26)34(37)38)25-15-13-24(14-16-25)29-11-7-9-23(29)8-6-10-28-21-22-31(41-28)33(36)39-2/h11,13-23,30H,3-10,12H2,1-2H3/t23?,30-/m1/s1. The number of carbonyl (C=O) groups excluding carboxylic acids is 2. The third kappa shape index (κ3) is 8.13. The number of carbonyl (C=O) groups is 2. The van der Waals surface area contributed by atoms with Crippen LogP contribution in [0.25, 0.3) is 5.57 Å². The fraction of sp³-hybridized carbons (Fsp3) is 0.394. The zero-order chi connectivity index (χ0) is 29.2. The van der Waals surface area contributed by atoms with E-state index in [4.69, 9.17) is 9.47 Å². The van der Waals surface area contributed by atoms with Crippen LogP contribution in [-0.2, 0) is 15.9 Å². The number of nitrogens with zero attached hydrogens (tertiary/aromatic N) is 1. The van der Waals surface area contributed by atoms with Crippen molar-refractivity contribution in [3.8, 4) is 0 Å². The molecule has 2 aromatic carbocycles. The van der Waals surface area contributed by atoms with Crippen molar-refractivity contribution in [3.63, 3.8) is 0 Å². The molecule has 4 rings (SSSR count). The average Bonchev–Trinajstić information content (AvgIpc) is 3.66. The maximum atomic E-state index is 12.9. The Bertz CT molecular complexity index is 1360. The van der Waals surface area contributed by atoms with Crippen molar-refractivity contribution in [1.29, 1.82) is 0 Å². The zero-order valence-corrected chi connectivity index (χ0v) is 24.5. The monoisotopic (exact) mass is 575 g/mol. The van der Waals surface area contributed by atoms with Gasteiger partial charge in [-0.1, -0.05) is 50.1 Å². The molecule has 0 saturated heterocycles. The van der Waals surface area contributed by atoms with Crippen molar-refractivity contribution in [2.24, 2.45) is 5.92 Å². The third-order valence-electron chi connectivity index (χ3n) is 7.59. The molecule has 2 atom stereocenters. The molecule has 0 amide bonds. The fourth-order valence-electron chi connectivity index (χ4n) is 5.34. The Balaban J connectivity index is 1.38. The summed E-state index contributed by atoms with van der Waals surface area (Å²) in [6, 6.07) is 17.8. The summed E-state index contributed by atoms with van der Waals surface area (Å²) in [6.07, 6.45) is 11.0. The summed E-state index contributed by atoms with van der Waals surface area (Å²) in [5.41, 5.74) is 3.78. The molecule has 0 N–H and O–H groups in total. The Hall–Kier alpha value is -3.78. The number of methoxy groups -OCH3 is 1. The van der Waals surface area contributed by atoms with E-state index >= 15 is 0 Å². The molecule has 8 heteroatoms. The third-order valence-corrected chi connectivity index (χ3v) is 8.72. The number of ether oxygens (including phenoxy) is 2. The minimum atomic E-state index is -0.486. The van der Waals surface area contributed by atoms with Crippen LogP contribution in [0.5, 0.6) is 0 Å². The van der Waals surface area contributed by atoms with Gasteiger partial charge in [0, 0.05) is 17.0 Å². The number of hydrogen-bond acceptors (Lipinski definition) is 7. The lowest BCUT2D eigenvalue weighted by Gasteiger charge is -2.20. The van der Waals surface area contributed by atoms with Crippen LogP contribution in [0.4, 0.5) is 5.69 Å². The number of hydrogen-bond donors (Lipinski definition) is 0. The summed E-state index contributed by atoms with van der Waals surface area (Å²) in [7, 11) is 1.41. The molecule has 1 aliphatic carbocycles. The van der Waals surface area contributed by atoms with Gasteiger partial charge >= 0.3 is 11.9 Å². The van der Waals surface area contributed by atoms with Gasteiger partial charge in [0.2, 0.25) is 0 Å². The highest BCUT2D eigenvalue weighted by molar-refractivity contribution is 7.13. The van der Waals surface area contributed by atoms with Crippen molar-refractivity contribution in [3.05, 3.63) is 103 Å². The molecule has 3 aromatic rings. The topological polar surface area (TPSA) is 95.7 Å². The van der Waals surface area contributed by atoms with E-state index in [0.29, 0.717) is 16.4 Å². The molecule has 0 spiro atoms. The first-order valence-corrected chi connectivity index (χ1v) is 15.1. The maximum Gasteiger partial charge on any atom is 0.348 e. The Labute approximate surface area is 245 Å². The first-order chi connectivity index (χ1) is 19.9. The highest BCUT2D eigenvalue weighted by Gasteiger charge is 2.23. The average molecular weight is 576 g/mol. The Kier molecular flexibility index (Phi) is 10.8. The number of nitro benzene ring substituents is 1. The largest absolute Gasteiger partial charge is 0.465 e. The van der Waals surface area contributed by atoms with E-state index in [1.54, 1.807) is 0 Å². The van der Waals surface area contributed by atoms with Gasteiger partial charge in [0.05, 0.1) is 17.6 Å². The van der Waals surface area contributed by atoms with Crippen molar-refractivity contribution in [2.45, 2.75) is 70.8 Å². The van der Waals surface area contributed by atoms with Crippen molar-refractivity contribution in [1.82, 2.24) is 0 Å². The molecule has 0 fully saturated rings. The van der Waals surface area contributed by atoms with E-state index in [1.165, 1.54) is 58.7 Å². The smallest absolute Gasteiger partial charge is 0.348 e. The van der Waals surface area contributed by atoms with E-state index < -0.39 is 10.9 Å². The SMILES string of the molecule is CCCCC[C@@H](OC(=O)c1ccc([N+](=O)[O-])cc1)c1ccc(C2=CCCC2CCCc2ccc(C(=O)OC)s2)cc1. The fourth-order valence-corrected chi connectivity index (χ4v) is 6.31. The van der Waals surface area contributed by atoms with Crippen LogP contribution >= 0.6 is 11.3 Å². The Morgan fingerprint density at radius 1 is 1.00 bits per heavy atom. The van der Waals surface area contributed by atoms with Gasteiger partial charge in [-0.05, 0) is 91.8 Å². The number of thiophene rings is 1. The van der Waals surface area contributed by atoms with E-state index in [0.717, 1.165) is 63.4 Å². The van der Waals surface area contributed by atoms with E-state index in [-0.39, 0.29) is 17.8 Å². The molecule has 1 heterocycles. The number of nitro groups is 1. The lowest BCUT2D eigenvalue weighted by Crippen LogP contribution is -2.12. The predicted octanol–water partition coefficient (Wildman–Crippen LogP) is 8.74. The van der Waals surface area contributed by atoms with Gasteiger partial charge in [0.25, 0.3) is 5.69 Å². The van der Waals surface area contributed by atoms with Gasteiger partial charge in [-0.3, -0.25) is 10.1 Å². The number of rotatable bonds is 14. The van der Waals surface area contributed by atoms with Crippen molar-refractivity contribution in [2.75, 3.05) is 7.11 Å². The van der Waals surface area contributed by atoms with E-state index in [9.17, 15) is 19.7 Å². The van der Waals surface area contributed by atoms with E-state index in [2.05, 4.69) is 37.3 Å². The van der Waals surface area contributed by atoms with Crippen LogP contribution in [0, 0.1) is 16.0 Å². The lowest BCUT2D eigenvalue weighted by atomic mass is 9.89. The number of benzene rings is 2. The minimum Gasteiger partial charge on any atom is -0.465 e. The van der Waals surface area contributed by atoms with Gasteiger partial charge in [-0.25, -0.2) is 9.59 Å². The summed E-state index contributed by atoms with van der Waals surface area (Å²) >= 11 is 1.51. The molecular formula is C33H37NO6S. The second-order valence-electron chi connectivity index (χ2n) is 10.4. The summed E-state index contributed by atoms with van der Waals surface area (Å²) < 4.78 is 10.7. The molecule has 0 aliphatic heterocycles. The molecule has 1 aliphatic rings. The molecule has 0 saturated carbocycles. The molecule has 1 unspecified atom stereocenters. The van der Waals surface area contributed by atoms with Crippen LogP contribution in [0.3, 0.4) is 0 Å². The van der Waals surface area contributed by atoms with Crippen molar-refractivity contribution >= 4 is 34.5 Å². The van der Waals surface area contributed by atoms with Crippen LogP contribution in [0.1, 0.15) is 100 Å². The summed E-state index contributed by atoms with van der Waals surface area (Å²) in [5, 5.41) is 10.9. The second-order valence-corrected chi connectivity index (χ2v) is 11.6. The Morgan fingerprint density at radius 2 is 1.76 bits per heavy atom. The second kappa shape index (κ2) is 14.7. The van der Waals surface area contributed by atoms with Crippen LogP contribution < -0.4 is 0 Å². The number of unbranched alkanes of at least 4 members (excludes halogenated alkanes) is 2.